The lowest BCUT2D eigenvalue weighted by atomic mass is 10.1. The smallest absolute Gasteiger partial charge is 0.233 e. The number of aromatic nitrogens is 2. The van der Waals surface area contributed by atoms with Crippen molar-refractivity contribution in [3.63, 3.8) is 0 Å². The Balaban J connectivity index is 2.07. The van der Waals surface area contributed by atoms with Crippen molar-refractivity contribution in [2.24, 2.45) is 0 Å². The molecule has 3 aromatic rings. The van der Waals surface area contributed by atoms with Gasteiger partial charge in [0.2, 0.25) is 5.91 Å². The van der Waals surface area contributed by atoms with Gasteiger partial charge in [-0.2, -0.15) is 0 Å². The number of nitrogens with one attached hydrogen (secondary N) is 1. The lowest BCUT2D eigenvalue weighted by Gasteiger charge is -2.14. The van der Waals surface area contributed by atoms with E-state index < -0.39 is 0 Å². The van der Waals surface area contributed by atoms with E-state index in [1.165, 1.54) is 11.8 Å². The van der Waals surface area contributed by atoms with Crippen LogP contribution < -0.4 is 5.32 Å². The molecule has 0 aliphatic heterocycles. The first-order chi connectivity index (χ1) is 11.7. The van der Waals surface area contributed by atoms with Crippen molar-refractivity contribution in [3.8, 4) is 16.9 Å². The molecule has 0 aliphatic carbocycles. The predicted molar refractivity (Wildman–Crippen MR) is 98.4 cm³/mol. The Morgan fingerprint density at radius 3 is 2.33 bits per heavy atom. The van der Waals surface area contributed by atoms with Crippen LogP contribution in [0.5, 0.6) is 0 Å². The molecule has 1 amide bonds. The van der Waals surface area contributed by atoms with Gasteiger partial charge in [-0.05, 0) is 19.1 Å². The summed E-state index contributed by atoms with van der Waals surface area (Å²) in [7, 11) is 1.65. The van der Waals surface area contributed by atoms with Gasteiger partial charge in [-0.1, -0.05) is 60.3 Å². The summed E-state index contributed by atoms with van der Waals surface area (Å²) in [4.78, 5) is 16.4. The Hall–Kier alpha value is -2.53. The van der Waals surface area contributed by atoms with Crippen LogP contribution in [0.15, 0.2) is 72.0 Å². The van der Waals surface area contributed by atoms with Crippen LogP contribution >= 0.6 is 11.8 Å². The van der Waals surface area contributed by atoms with Gasteiger partial charge in [0.05, 0.1) is 17.1 Å². The lowest BCUT2D eigenvalue weighted by molar-refractivity contribution is -0.119. The fourth-order valence-corrected chi connectivity index (χ4v) is 3.44. The first-order valence-corrected chi connectivity index (χ1v) is 8.65. The topological polar surface area (TPSA) is 46.9 Å². The molecule has 1 aromatic heterocycles. The third kappa shape index (κ3) is 3.36. The number of hydrogen-bond acceptors (Lipinski definition) is 3. The quantitative estimate of drug-likeness (QED) is 0.721. The summed E-state index contributed by atoms with van der Waals surface area (Å²) in [5.74, 6) is -0.0103. The maximum atomic E-state index is 11.9. The minimum absolute atomic E-state index is 0.0103. The van der Waals surface area contributed by atoms with Crippen molar-refractivity contribution in [2.45, 2.75) is 17.3 Å². The number of carbonyl (C=O) groups excluding carboxylic acids is 1. The molecule has 1 unspecified atom stereocenters. The zero-order chi connectivity index (χ0) is 16.9. The summed E-state index contributed by atoms with van der Waals surface area (Å²) in [5, 5.41) is 3.27. The van der Waals surface area contributed by atoms with E-state index in [2.05, 4.69) is 27.0 Å². The van der Waals surface area contributed by atoms with Crippen molar-refractivity contribution < 1.29 is 4.79 Å². The van der Waals surface area contributed by atoms with Crippen LogP contribution in [0.25, 0.3) is 16.9 Å². The van der Waals surface area contributed by atoms with Crippen LogP contribution in [0.3, 0.4) is 0 Å². The van der Waals surface area contributed by atoms with Crippen molar-refractivity contribution in [2.75, 3.05) is 7.05 Å². The molecule has 0 fully saturated rings. The molecule has 4 nitrogen and oxygen atoms in total. The maximum absolute atomic E-state index is 11.9. The molecule has 0 spiro atoms. The second-order valence-electron chi connectivity index (χ2n) is 5.34. The fourth-order valence-electron chi connectivity index (χ4n) is 2.47. The summed E-state index contributed by atoms with van der Waals surface area (Å²) in [6.45, 7) is 1.88. The van der Waals surface area contributed by atoms with Crippen molar-refractivity contribution >= 4 is 17.7 Å². The van der Waals surface area contributed by atoms with Gasteiger partial charge in [-0.15, -0.1) is 0 Å². The normalized spacial score (nSPS) is 11.9. The number of carbonyl (C=O) groups is 1. The van der Waals surface area contributed by atoms with Gasteiger partial charge < -0.3 is 5.32 Å². The highest BCUT2D eigenvalue weighted by Crippen LogP contribution is 2.31. The monoisotopic (exact) mass is 337 g/mol. The largest absolute Gasteiger partial charge is 0.358 e. The van der Waals surface area contributed by atoms with Gasteiger partial charge in [0.25, 0.3) is 0 Å². The highest BCUT2D eigenvalue weighted by atomic mass is 32.2. The average Bonchev–Trinajstić information content (AvgIpc) is 3.06. The average molecular weight is 337 g/mol. The summed E-state index contributed by atoms with van der Waals surface area (Å²) >= 11 is 1.45. The molecule has 1 atom stereocenters. The standard InChI is InChI=1S/C19H19N3OS/c1-14(18(23)20-2)24-19-21-13-17(15-9-5-3-6-10-15)22(19)16-11-7-4-8-12-16/h3-14H,1-2H3,(H,20,23). The van der Waals surface area contributed by atoms with Crippen LogP contribution in [-0.4, -0.2) is 27.8 Å². The van der Waals surface area contributed by atoms with Crippen LogP contribution in [0.2, 0.25) is 0 Å². The number of amides is 1. The van der Waals surface area contributed by atoms with Crippen molar-refractivity contribution in [1.82, 2.24) is 14.9 Å². The lowest BCUT2D eigenvalue weighted by Crippen LogP contribution is -2.27. The third-order valence-electron chi connectivity index (χ3n) is 3.71. The molecule has 5 heteroatoms. The summed E-state index contributed by atoms with van der Waals surface area (Å²) in [6, 6.07) is 20.2. The first kappa shape index (κ1) is 16.3. The SMILES string of the molecule is CNC(=O)C(C)Sc1ncc(-c2ccccc2)n1-c1ccccc1. The van der Waals surface area contributed by atoms with E-state index in [1.54, 1.807) is 7.05 Å². The molecular weight excluding hydrogens is 318 g/mol. The Bertz CT molecular complexity index is 815. The molecule has 2 aromatic carbocycles. The van der Waals surface area contributed by atoms with E-state index in [-0.39, 0.29) is 11.2 Å². The second kappa shape index (κ2) is 7.36. The van der Waals surface area contributed by atoms with E-state index in [9.17, 15) is 4.79 Å². The van der Waals surface area contributed by atoms with Crippen LogP contribution in [0.4, 0.5) is 0 Å². The highest BCUT2D eigenvalue weighted by molar-refractivity contribution is 8.00. The molecule has 0 aliphatic rings. The molecule has 122 valence electrons. The number of thioether (sulfide) groups is 1. The number of benzene rings is 2. The molecule has 24 heavy (non-hydrogen) atoms. The van der Waals surface area contributed by atoms with Gasteiger partial charge >= 0.3 is 0 Å². The molecule has 0 radical (unpaired) electrons. The molecule has 1 heterocycles. The number of rotatable bonds is 5. The van der Waals surface area contributed by atoms with E-state index in [0.29, 0.717) is 0 Å². The Labute approximate surface area is 145 Å². The zero-order valence-electron chi connectivity index (χ0n) is 13.6. The minimum atomic E-state index is -0.219. The first-order valence-electron chi connectivity index (χ1n) is 7.77. The summed E-state index contributed by atoms with van der Waals surface area (Å²) in [5.41, 5.74) is 3.13. The van der Waals surface area contributed by atoms with Crippen LogP contribution in [0.1, 0.15) is 6.92 Å². The van der Waals surface area contributed by atoms with Crippen LogP contribution in [0, 0.1) is 0 Å². The Kier molecular flexibility index (Phi) is 5.01. The molecule has 1 N–H and O–H groups in total. The minimum Gasteiger partial charge on any atom is -0.358 e. The van der Waals surface area contributed by atoms with Gasteiger partial charge in [0.15, 0.2) is 5.16 Å². The van der Waals surface area contributed by atoms with Gasteiger partial charge in [-0.3, -0.25) is 9.36 Å². The Morgan fingerprint density at radius 1 is 1.08 bits per heavy atom. The van der Waals surface area contributed by atoms with Gasteiger partial charge in [0, 0.05) is 18.3 Å². The van der Waals surface area contributed by atoms with Crippen molar-refractivity contribution in [1.29, 1.82) is 0 Å². The predicted octanol–water partition coefficient (Wildman–Crippen LogP) is 3.77. The number of nitrogens with zero attached hydrogens (tertiary/aromatic N) is 2. The highest BCUT2D eigenvalue weighted by Gasteiger charge is 2.19. The number of hydrogen-bond donors (Lipinski definition) is 1. The molecule has 0 bridgehead atoms. The molecule has 0 saturated heterocycles. The van der Waals surface area contributed by atoms with Crippen molar-refractivity contribution in [3.05, 3.63) is 66.9 Å². The molecule has 0 saturated carbocycles. The van der Waals surface area contributed by atoms with E-state index in [1.807, 2.05) is 61.7 Å². The number of para-hydroxylation sites is 1. The van der Waals surface area contributed by atoms with Gasteiger partial charge in [-0.25, -0.2) is 4.98 Å². The number of imidazole rings is 1. The van der Waals surface area contributed by atoms with E-state index >= 15 is 0 Å². The van der Waals surface area contributed by atoms with E-state index in [4.69, 9.17) is 0 Å². The molecular formula is C19H19N3OS. The maximum Gasteiger partial charge on any atom is 0.233 e. The zero-order valence-corrected chi connectivity index (χ0v) is 14.5. The summed E-state index contributed by atoms with van der Waals surface area (Å²) in [6.07, 6.45) is 1.86. The summed E-state index contributed by atoms with van der Waals surface area (Å²) < 4.78 is 2.10. The van der Waals surface area contributed by atoms with Gasteiger partial charge in [0.1, 0.15) is 0 Å². The Morgan fingerprint density at radius 2 is 1.71 bits per heavy atom. The van der Waals surface area contributed by atoms with Crippen LogP contribution in [-0.2, 0) is 4.79 Å². The second-order valence-corrected chi connectivity index (χ2v) is 6.65. The van der Waals surface area contributed by atoms with E-state index in [0.717, 1.165) is 22.1 Å². The third-order valence-corrected chi connectivity index (χ3v) is 4.78. The molecule has 3 rings (SSSR count). The fraction of sp³-hybridized carbons (Fsp3) is 0.158.